The van der Waals surface area contributed by atoms with Gasteiger partial charge >= 0.3 is 21.1 Å². The van der Waals surface area contributed by atoms with Crippen molar-refractivity contribution in [3.63, 3.8) is 0 Å². The number of hydrogen-bond acceptors (Lipinski definition) is 5. The predicted molar refractivity (Wildman–Crippen MR) is 173 cm³/mol. The van der Waals surface area contributed by atoms with Gasteiger partial charge in [-0.3, -0.25) is 9.88 Å². The number of nitrogens with zero attached hydrogens (tertiary/aromatic N) is 3. The van der Waals surface area contributed by atoms with Crippen LogP contribution in [0.15, 0.2) is 121 Å². The van der Waals surface area contributed by atoms with Crippen molar-refractivity contribution in [3.8, 4) is 22.9 Å². The maximum atomic E-state index is 6.06. The molecule has 0 radical (unpaired) electrons. The molecule has 7 rings (SSSR count). The Kier molecular flexibility index (Phi) is 8.37. The van der Waals surface area contributed by atoms with E-state index in [2.05, 4.69) is 85.5 Å². The molecule has 0 spiro atoms. The number of para-hydroxylation sites is 2. The molecular weight excluding hydrogens is 730 g/mol. The summed E-state index contributed by atoms with van der Waals surface area (Å²) >= 11 is 1.79. The van der Waals surface area contributed by atoms with Gasteiger partial charge in [-0.2, -0.15) is 34.5 Å². The maximum Gasteiger partial charge on any atom is 2.00 e. The van der Waals surface area contributed by atoms with Gasteiger partial charge in [0.25, 0.3) is 0 Å². The number of hydrogen-bond donors (Lipinski definition) is 0. The van der Waals surface area contributed by atoms with Crippen LogP contribution in [0.3, 0.4) is 0 Å². The molecule has 212 valence electrons. The van der Waals surface area contributed by atoms with Crippen molar-refractivity contribution in [1.82, 2.24) is 9.97 Å². The normalized spacial score (nSPS) is 11.0. The van der Waals surface area contributed by atoms with Crippen molar-refractivity contribution in [2.24, 2.45) is 0 Å². The van der Waals surface area contributed by atoms with E-state index in [4.69, 9.17) is 14.7 Å². The number of fused-ring (bicyclic) bond motifs is 3. The van der Waals surface area contributed by atoms with Gasteiger partial charge in [0.1, 0.15) is 11.6 Å². The van der Waals surface area contributed by atoms with E-state index in [9.17, 15) is 0 Å². The second kappa shape index (κ2) is 12.5. The molecule has 0 aliphatic rings. The summed E-state index contributed by atoms with van der Waals surface area (Å²) in [5.74, 6) is 2.88. The summed E-state index contributed by atoms with van der Waals surface area (Å²) in [4.78, 5) is 12.3. The average Bonchev–Trinajstić information content (AvgIpc) is 3.41. The number of anilines is 3. The van der Waals surface area contributed by atoms with Crippen molar-refractivity contribution in [1.29, 1.82) is 0 Å². The third-order valence-corrected chi connectivity index (χ3v) is 8.38. The molecule has 0 bridgehead atoms. The van der Waals surface area contributed by atoms with E-state index in [0.717, 1.165) is 22.8 Å². The second-order valence-electron chi connectivity index (χ2n) is 10.3. The summed E-state index contributed by atoms with van der Waals surface area (Å²) < 4.78 is 8.51. The molecule has 6 heteroatoms. The molecule has 0 saturated carbocycles. The Morgan fingerprint density at radius 1 is 0.721 bits per heavy atom. The number of aromatic nitrogens is 2. The monoisotopic (exact) mass is 756 g/mol. The fraction of sp³-hybridized carbons (Fsp3) is 0.0811. The maximum absolute atomic E-state index is 6.06. The number of rotatable bonds is 7. The van der Waals surface area contributed by atoms with Gasteiger partial charge in [0.15, 0.2) is 0 Å². The van der Waals surface area contributed by atoms with Crippen molar-refractivity contribution >= 4 is 48.8 Å². The largest absolute Gasteiger partial charge is 2.00 e. The molecule has 4 aromatic carbocycles. The van der Waals surface area contributed by atoms with Crippen LogP contribution in [0.25, 0.3) is 31.4 Å². The fourth-order valence-corrected chi connectivity index (χ4v) is 6.30. The van der Waals surface area contributed by atoms with E-state index >= 15 is 0 Å². The first-order chi connectivity index (χ1) is 20.6. The van der Waals surface area contributed by atoms with E-state index in [-0.39, 0.29) is 21.1 Å². The van der Waals surface area contributed by atoms with E-state index in [1.807, 2.05) is 66.7 Å². The zero-order chi connectivity index (χ0) is 28.5. The molecule has 0 fully saturated rings. The predicted octanol–water partition coefficient (Wildman–Crippen LogP) is 10.5. The smallest absolute Gasteiger partial charge is 0.466 e. The average molecular weight is 757 g/mol. The SMILES string of the molecule is CC(C)c1cc(-c2[c-]ccc3c2sc2ccccc23)nc(N(c2ccccc2)c2cccc(Oc3[c-]cccc3)n2)c1.[Pt+2]. The molecule has 0 unspecified atom stereocenters. The van der Waals surface area contributed by atoms with Crippen LogP contribution in [-0.4, -0.2) is 9.97 Å². The fourth-order valence-electron chi connectivity index (χ4n) is 5.09. The number of ether oxygens (including phenoxy) is 1. The number of pyridine rings is 2. The van der Waals surface area contributed by atoms with Crippen molar-refractivity contribution in [2.75, 3.05) is 4.90 Å². The zero-order valence-corrected chi connectivity index (χ0v) is 26.7. The summed E-state index contributed by atoms with van der Waals surface area (Å²) in [5.41, 5.74) is 4.04. The van der Waals surface area contributed by atoms with Gasteiger partial charge in [0, 0.05) is 22.2 Å². The van der Waals surface area contributed by atoms with E-state index in [1.54, 1.807) is 11.3 Å². The molecular formula is C37H27N3OPtS. The summed E-state index contributed by atoms with van der Waals surface area (Å²) in [6.45, 7) is 4.42. The first-order valence-electron chi connectivity index (χ1n) is 13.9. The summed E-state index contributed by atoms with van der Waals surface area (Å²) in [5, 5.41) is 2.49. The minimum absolute atomic E-state index is 0. The van der Waals surface area contributed by atoms with Gasteiger partial charge < -0.3 is 4.74 Å². The Balaban J connectivity index is 0.00000329. The molecule has 0 amide bonds. The summed E-state index contributed by atoms with van der Waals surface area (Å²) in [6.07, 6.45) is 0. The van der Waals surface area contributed by atoms with Crippen LogP contribution >= 0.6 is 11.3 Å². The molecule has 0 saturated heterocycles. The Labute approximate surface area is 269 Å². The van der Waals surface area contributed by atoms with Gasteiger partial charge in [-0.05, 0) is 57.6 Å². The van der Waals surface area contributed by atoms with E-state index in [1.165, 1.54) is 25.7 Å². The van der Waals surface area contributed by atoms with Crippen LogP contribution in [0.4, 0.5) is 17.3 Å². The molecule has 3 heterocycles. The van der Waals surface area contributed by atoms with Crippen LogP contribution in [-0.2, 0) is 21.1 Å². The first-order valence-corrected chi connectivity index (χ1v) is 14.8. The van der Waals surface area contributed by atoms with E-state index in [0.29, 0.717) is 23.4 Å². The molecule has 0 aliphatic carbocycles. The van der Waals surface area contributed by atoms with Crippen LogP contribution in [0.1, 0.15) is 25.3 Å². The molecule has 0 N–H and O–H groups in total. The minimum Gasteiger partial charge on any atom is -0.466 e. The minimum atomic E-state index is 0. The molecule has 0 atom stereocenters. The molecule has 0 aliphatic heterocycles. The molecule has 3 aromatic heterocycles. The number of benzene rings is 4. The first kappa shape index (κ1) is 28.8. The molecule has 7 aromatic rings. The van der Waals surface area contributed by atoms with Crippen molar-refractivity contribution in [3.05, 3.63) is 139 Å². The van der Waals surface area contributed by atoms with Crippen LogP contribution in [0, 0.1) is 12.1 Å². The number of thiophene rings is 1. The Hall–Kier alpha value is -4.31. The quantitative estimate of drug-likeness (QED) is 0.152. The van der Waals surface area contributed by atoms with E-state index < -0.39 is 0 Å². The van der Waals surface area contributed by atoms with Gasteiger partial charge in [-0.15, -0.1) is 35.9 Å². The third kappa shape index (κ3) is 5.84. The summed E-state index contributed by atoms with van der Waals surface area (Å²) in [7, 11) is 0. The van der Waals surface area contributed by atoms with Crippen molar-refractivity contribution < 1.29 is 25.8 Å². The van der Waals surface area contributed by atoms with Crippen molar-refractivity contribution in [2.45, 2.75) is 19.8 Å². The standard InChI is InChI=1S/C37H27N3OS.Pt/c1-25(2)26-23-32(31-19-11-18-30-29-17-9-10-20-33(29)42-37(30)31)38-35(24-26)40(27-13-5-3-6-14-27)34-21-12-22-36(39-34)41-28-15-7-4-8-16-28;/h3-15,17-18,20-25H,1-2H3;/q-2;+2. The second-order valence-corrected chi connectivity index (χ2v) is 11.4. The van der Waals surface area contributed by atoms with Gasteiger partial charge in [-0.25, -0.2) is 0 Å². The Morgan fingerprint density at radius 2 is 1.53 bits per heavy atom. The zero-order valence-electron chi connectivity index (χ0n) is 23.6. The Bertz CT molecular complexity index is 2010. The van der Waals surface area contributed by atoms with Gasteiger partial charge in [-0.1, -0.05) is 67.8 Å². The third-order valence-electron chi connectivity index (χ3n) is 7.17. The molecule has 43 heavy (non-hydrogen) atoms. The van der Waals surface area contributed by atoms with Gasteiger partial charge in [0.2, 0.25) is 5.88 Å². The molecule has 4 nitrogen and oxygen atoms in total. The van der Waals surface area contributed by atoms with Crippen LogP contribution in [0.2, 0.25) is 0 Å². The Morgan fingerprint density at radius 3 is 2.35 bits per heavy atom. The topological polar surface area (TPSA) is 38.2 Å². The summed E-state index contributed by atoms with van der Waals surface area (Å²) in [6, 6.07) is 47.2. The van der Waals surface area contributed by atoms with Gasteiger partial charge in [0.05, 0.1) is 0 Å². The van der Waals surface area contributed by atoms with Crippen LogP contribution in [0.5, 0.6) is 11.6 Å². The van der Waals surface area contributed by atoms with Crippen LogP contribution < -0.4 is 9.64 Å².